The van der Waals surface area contributed by atoms with Crippen LogP contribution in [0.25, 0.3) is 0 Å². The molecule has 2 aromatic rings. The lowest BCUT2D eigenvalue weighted by Gasteiger charge is -2.28. The van der Waals surface area contributed by atoms with E-state index in [1.807, 2.05) is 54.6 Å². The first-order valence-electron chi connectivity index (χ1n) is 6.96. The molecule has 1 atom stereocenters. The van der Waals surface area contributed by atoms with Crippen LogP contribution in [-0.2, 0) is 12.0 Å². The fourth-order valence-electron chi connectivity index (χ4n) is 2.17. The summed E-state index contributed by atoms with van der Waals surface area (Å²) in [7, 11) is 0. The summed E-state index contributed by atoms with van der Waals surface area (Å²) in [5.41, 5.74) is 7.07. The molecule has 2 rings (SSSR count). The van der Waals surface area contributed by atoms with E-state index in [0.29, 0.717) is 12.2 Å². The minimum atomic E-state index is -0.951. The van der Waals surface area contributed by atoms with Crippen molar-refractivity contribution in [3.05, 3.63) is 65.7 Å². The maximum atomic E-state index is 9.64. The molecule has 4 nitrogen and oxygen atoms in total. The zero-order valence-corrected chi connectivity index (χ0v) is 11.9. The van der Waals surface area contributed by atoms with Gasteiger partial charge < -0.3 is 20.7 Å². The number of ether oxygens (including phenoxy) is 1. The summed E-state index contributed by atoms with van der Waals surface area (Å²) in [6, 6.07) is 16.9. The van der Waals surface area contributed by atoms with Crippen LogP contribution in [0, 0.1) is 0 Å². The molecule has 0 aromatic heterocycles. The van der Waals surface area contributed by atoms with Gasteiger partial charge in [-0.1, -0.05) is 48.5 Å². The van der Waals surface area contributed by atoms with Gasteiger partial charge in [0.15, 0.2) is 0 Å². The van der Waals surface area contributed by atoms with Crippen molar-refractivity contribution in [1.29, 1.82) is 0 Å². The highest BCUT2D eigenvalue weighted by molar-refractivity contribution is 5.34. The number of aliphatic hydroxyl groups excluding tert-OH is 2. The van der Waals surface area contributed by atoms with Crippen molar-refractivity contribution >= 4 is 0 Å². The zero-order valence-electron chi connectivity index (χ0n) is 11.9. The summed E-state index contributed by atoms with van der Waals surface area (Å²) < 4.78 is 5.80. The number of rotatable bonds is 7. The Morgan fingerprint density at radius 3 is 2.29 bits per heavy atom. The first kappa shape index (κ1) is 15.5. The van der Waals surface area contributed by atoms with Gasteiger partial charge in [-0.3, -0.25) is 0 Å². The molecule has 0 aliphatic carbocycles. The minimum Gasteiger partial charge on any atom is -0.491 e. The Bertz CT molecular complexity index is 559. The van der Waals surface area contributed by atoms with Gasteiger partial charge in [-0.05, 0) is 23.6 Å². The molecule has 4 N–H and O–H groups in total. The first-order chi connectivity index (χ1) is 10.2. The molecule has 1 unspecified atom stereocenters. The van der Waals surface area contributed by atoms with Crippen molar-refractivity contribution in [3.8, 4) is 5.75 Å². The summed E-state index contributed by atoms with van der Waals surface area (Å²) in [5.74, 6) is 0.686. The van der Waals surface area contributed by atoms with Gasteiger partial charge in [-0.15, -0.1) is 0 Å². The lowest BCUT2D eigenvalue weighted by atomic mass is 9.93. The largest absolute Gasteiger partial charge is 0.491 e. The van der Waals surface area contributed by atoms with E-state index in [9.17, 15) is 5.11 Å². The molecule has 0 saturated carbocycles. The van der Waals surface area contributed by atoms with Crippen molar-refractivity contribution in [3.63, 3.8) is 0 Å². The molecule has 0 fully saturated rings. The third kappa shape index (κ3) is 3.82. The summed E-state index contributed by atoms with van der Waals surface area (Å²) in [6.45, 7) is 0.0158. The maximum Gasteiger partial charge on any atom is 0.122 e. The minimum absolute atomic E-state index is 0.0623. The molecule has 112 valence electrons. The van der Waals surface area contributed by atoms with E-state index in [0.717, 1.165) is 11.1 Å². The van der Waals surface area contributed by atoms with E-state index in [1.54, 1.807) is 0 Å². The predicted octanol–water partition coefficient (Wildman–Crippen LogP) is 1.45. The maximum absolute atomic E-state index is 9.64. The number of hydrogen-bond acceptors (Lipinski definition) is 4. The van der Waals surface area contributed by atoms with E-state index >= 15 is 0 Å². The van der Waals surface area contributed by atoms with E-state index < -0.39 is 5.54 Å². The van der Waals surface area contributed by atoms with Crippen molar-refractivity contribution in [2.24, 2.45) is 5.73 Å². The fraction of sp³-hybridized carbons (Fsp3) is 0.294. The van der Waals surface area contributed by atoms with E-state index in [2.05, 4.69) is 0 Å². The lowest BCUT2D eigenvalue weighted by Crippen LogP contribution is -2.46. The standard InChI is InChI=1S/C17H21NO3/c18-17(12-20,15-7-2-1-3-8-15)13-21-16-9-5-4-6-14(16)10-11-19/h1-9,19-20H,10-13,18H2. The first-order valence-corrected chi connectivity index (χ1v) is 6.96. The Morgan fingerprint density at radius 2 is 1.62 bits per heavy atom. The van der Waals surface area contributed by atoms with Crippen LogP contribution < -0.4 is 10.5 Å². The highest BCUT2D eigenvalue weighted by Gasteiger charge is 2.27. The van der Waals surface area contributed by atoms with Gasteiger partial charge in [0.05, 0.1) is 12.1 Å². The van der Waals surface area contributed by atoms with Gasteiger partial charge >= 0.3 is 0 Å². The molecule has 0 spiro atoms. The van der Waals surface area contributed by atoms with Crippen LogP contribution in [0.4, 0.5) is 0 Å². The van der Waals surface area contributed by atoms with Gasteiger partial charge in [-0.25, -0.2) is 0 Å². The van der Waals surface area contributed by atoms with Crippen LogP contribution in [0.5, 0.6) is 5.75 Å². The molecule has 0 amide bonds. The van der Waals surface area contributed by atoms with Crippen molar-refractivity contribution in [1.82, 2.24) is 0 Å². The summed E-state index contributed by atoms with van der Waals surface area (Å²) in [6.07, 6.45) is 0.526. The molecule has 4 heteroatoms. The van der Waals surface area contributed by atoms with Crippen LogP contribution in [-0.4, -0.2) is 30.0 Å². The fourth-order valence-corrected chi connectivity index (χ4v) is 2.17. The average Bonchev–Trinajstić information content (AvgIpc) is 2.55. The second kappa shape index (κ2) is 7.22. The van der Waals surface area contributed by atoms with Gasteiger partial charge in [0, 0.05) is 6.61 Å². The molecular formula is C17H21NO3. The molecule has 0 aliphatic rings. The Morgan fingerprint density at radius 1 is 0.952 bits per heavy atom. The number of aliphatic hydroxyl groups is 2. The van der Waals surface area contributed by atoms with Crippen molar-refractivity contribution in [2.45, 2.75) is 12.0 Å². The number of para-hydroxylation sites is 1. The predicted molar refractivity (Wildman–Crippen MR) is 82.1 cm³/mol. The van der Waals surface area contributed by atoms with Crippen molar-refractivity contribution in [2.75, 3.05) is 19.8 Å². The molecular weight excluding hydrogens is 266 g/mol. The molecule has 0 radical (unpaired) electrons. The van der Waals surface area contributed by atoms with E-state index in [1.165, 1.54) is 0 Å². The van der Waals surface area contributed by atoms with Crippen LogP contribution in [0.3, 0.4) is 0 Å². The summed E-state index contributed by atoms with van der Waals surface area (Å²) in [5, 5.41) is 18.7. The monoisotopic (exact) mass is 287 g/mol. The second-order valence-corrected chi connectivity index (χ2v) is 5.05. The zero-order chi connectivity index (χ0) is 15.1. The number of benzene rings is 2. The highest BCUT2D eigenvalue weighted by Crippen LogP contribution is 2.23. The molecule has 0 heterocycles. The Hall–Kier alpha value is -1.88. The van der Waals surface area contributed by atoms with Crippen LogP contribution in [0.1, 0.15) is 11.1 Å². The normalized spacial score (nSPS) is 13.7. The third-order valence-electron chi connectivity index (χ3n) is 3.47. The van der Waals surface area contributed by atoms with E-state index in [4.69, 9.17) is 15.6 Å². The topological polar surface area (TPSA) is 75.7 Å². The van der Waals surface area contributed by atoms with Gasteiger partial charge in [0.2, 0.25) is 0 Å². The van der Waals surface area contributed by atoms with Crippen molar-refractivity contribution < 1.29 is 14.9 Å². The Kier molecular flexibility index (Phi) is 5.33. The summed E-state index contributed by atoms with van der Waals surface area (Å²) in [4.78, 5) is 0. The van der Waals surface area contributed by atoms with Crippen LogP contribution in [0.2, 0.25) is 0 Å². The Labute approximate surface area is 124 Å². The number of nitrogens with two attached hydrogens (primary N) is 1. The quantitative estimate of drug-likeness (QED) is 0.720. The molecule has 0 bridgehead atoms. The SMILES string of the molecule is NC(CO)(COc1ccccc1CCO)c1ccccc1. The molecule has 2 aromatic carbocycles. The highest BCUT2D eigenvalue weighted by atomic mass is 16.5. The second-order valence-electron chi connectivity index (χ2n) is 5.05. The molecule has 21 heavy (non-hydrogen) atoms. The van der Waals surface area contributed by atoms with E-state index in [-0.39, 0.29) is 19.8 Å². The van der Waals surface area contributed by atoms with Gasteiger partial charge in [0.1, 0.15) is 12.4 Å². The average molecular weight is 287 g/mol. The number of hydrogen-bond donors (Lipinski definition) is 3. The molecule has 0 aliphatic heterocycles. The van der Waals surface area contributed by atoms with Gasteiger partial charge in [-0.2, -0.15) is 0 Å². The Balaban J connectivity index is 2.14. The third-order valence-corrected chi connectivity index (χ3v) is 3.47. The summed E-state index contributed by atoms with van der Waals surface area (Å²) >= 11 is 0. The molecule has 0 saturated heterocycles. The van der Waals surface area contributed by atoms with Crippen LogP contribution >= 0.6 is 0 Å². The smallest absolute Gasteiger partial charge is 0.122 e. The lowest BCUT2D eigenvalue weighted by molar-refractivity contribution is 0.132. The van der Waals surface area contributed by atoms with Crippen LogP contribution in [0.15, 0.2) is 54.6 Å². The van der Waals surface area contributed by atoms with Gasteiger partial charge in [0.25, 0.3) is 0 Å².